The topological polar surface area (TPSA) is 80.9 Å². The zero-order valence-electron chi connectivity index (χ0n) is 9.02. The Morgan fingerprint density at radius 3 is 2.78 bits per heavy atom. The molecule has 0 aliphatic rings. The van der Waals surface area contributed by atoms with Gasteiger partial charge in [0.05, 0.1) is 5.56 Å². The summed E-state index contributed by atoms with van der Waals surface area (Å²) >= 11 is 8.97. The molecule has 5 nitrogen and oxygen atoms in total. The number of nitrogens with zero attached hydrogens (tertiary/aromatic N) is 2. The molecule has 18 heavy (non-hydrogen) atoms. The first-order chi connectivity index (χ1) is 8.56. The second-order valence-electron chi connectivity index (χ2n) is 3.41. The van der Waals surface area contributed by atoms with Crippen LogP contribution in [0.3, 0.4) is 0 Å². The number of nitrogen functional groups attached to an aromatic ring is 1. The summed E-state index contributed by atoms with van der Waals surface area (Å²) < 4.78 is 0.807. The van der Waals surface area contributed by atoms with Crippen LogP contribution >= 0.6 is 27.5 Å². The van der Waals surface area contributed by atoms with Gasteiger partial charge in [-0.05, 0) is 18.2 Å². The molecule has 3 N–H and O–H groups in total. The van der Waals surface area contributed by atoms with Gasteiger partial charge in [0.2, 0.25) is 0 Å². The van der Waals surface area contributed by atoms with E-state index in [1.54, 1.807) is 18.2 Å². The van der Waals surface area contributed by atoms with Crippen LogP contribution in [0.15, 0.2) is 35.1 Å². The van der Waals surface area contributed by atoms with Crippen LogP contribution in [0.2, 0.25) is 5.15 Å². The van der Waals surface area contributed by atoms with Crippen molar-refractivity contribution >= 4 is 44.9 Å². The van der Waals surface area contributed by atoms with Crippen molar-refractivity contribution in [2.24, 2.45) is 0 Å². The van der Waals surface area contributed by atoms with Crippen molar-refractivity contribution in [3.8, 4) is 0 Å². The molecule has 7 heteroatoms. The summed E-state index contributed by atoms with van der Waals surface area (Å²) in [6.45, 7) is 0. The van der Waals surface area contributed by atoms with Crippen molar-refractivity contribution in [3.63, 3.8) is 0 Å². The van der Waals surface area contributed by atoms with Crippen LogP contribution in [0.1, 0.15) is 10.4 Å². The molecule has 92 valence electrons. The molecular formula is C11H8BrClN4O. The second kappa shape index (κ2) is 5.32. The first-order valence-corrected chi connectivity index (χ1v) is 6.07. The van der Waals surface area contributed by atoms with E-state index in [4.69, 9.17) is 17.3 Å². The van der Waals surface area contributed by atoms with E-state index >= 15 is 0 Å². The van der Waals surface area contributed by atoms with E-state index in [1.165, 1.54) is 12.4 Å². The average Bonchev–Trinajstić information content (AvgIpc) is 2.28. The number of amides is 1. The van der Waals surface area contributed by atoms with E-state index in [0.717, 1.165) is 4.47 Å². The van der Waals surface area contributed by atoms with E-state index in [1.807, 2.05) is 0 Å². The number of rotatable bonds is 2. The molecule has 1 amide bonds. The molecule has 1 heterocycles. The minimum absolute atomic E-state index is 0.254. The molecule has 0 spiro atoms. The summed E-state index contributed by atoms with van der Waals surface area (Å²) in [5, 5.41) is 2.84. The molecule has 2 aromatic rings. The molecule has 1 aromatic carbocycles. The standard InChI is InChI=1S/C11H8BrClN4O/c12-6-1-2-7(8(14)3-6)11(18)17-10-4-9(13)15-5-16-10/h1-5H,14H2,(H,15,16,17,18). The summed E-state index contributed by atoms with van der Waals surface area (Å²) in [7, 11) is 0. The maximum Gasteiger partial charge on any atom is 0.258 e. The first kappa shape index (κ1) is 12.8. The number of anilines is 2. The van der Waals surface area contributed by atoms with Gasteiger partial charge >= 0.3 is 0 Å². The third kappa shape index (κ3) is 2.96. The van der Waals surface area contributed by atoms with Gasteiger partial charge in [0.1, 0.15) is 17.3 Å². The SMILES string of the molecule is Nc1cc(Br)ccc1C(=O)Nc1cc(Cl)ncn1. The molecule has 0 atom stereocenters. The molecule has 0 saturated heterocycles. The van der Waals surface area contributed by atoms with Crippen molar-refractivity contribution in [1.82, 2.24) is 9.97 Å². The highest BCUT2D eigenvalue weighted by Gasteiger charge is 2.11. The van der Waals surface area contributed by atoms with Crippen LogP contribution < -0.4 is 11.1 Å². The number of halogens is 2. The van der Waals surface area contributed by atoms with Crippen LogP contribution in [0, 0.1) is 0 Å². The summed E-state index contributed by atoms with van der Waals surface area (Å²) in [5.41, 5.74) is 6.50. The molecular weight excluding hydrogens is 320 g/mol. The summed E-state index contributed by atoms with van der Waals surface area (Å²) in [5.74, 6) is -0.0305. The number of carbonyl (C=O) groups excluding carboxylic acids is 1. The molecule has 0 unspecified atom stereocenters. The fourth-order valence-electron chi connectivity index (χ4n) is 1.33. The Morgan fingerprint density at radius 1 is 1.33 bits per heavy atom. The molecule has 0 saturated carbocycles. The predicted molar refractivity (Wildman–Crippen MR) is 73.5 cm³/mol. The van der Waals surface area contributed by atoms with Gasteiger partial charge in [0.15, 0.2) is 0 Å². The van der Waals surface area contributed by atoms with Crippen molar-refractivity contribution in [3.05, 3.63) is 45.8 Å². The fraction of sp³-hybridized carbons (Fsp3) is 0. The summed E-state index contributed by atoms with van der Waals surface area (Å²) in [4.78, 5) is 19.5. The van der Waals surface area contributed by atoms with Gasteiger partial charge in [0.25, 0.3) is 5.91 Å². The van der Waals surface area contributed by atoms with Crippen LogP contribution in [0.5, 0.6) is 0 Å². The average molecular weight is 328 g/mol. The lowest BCUT2D eigenvalue weighted by molar-refractivity contribution is 0.102. The highest BCUT2D eigenvalue weighted by Crippen LogP contribution is 2.19. The largest absolute Gasteiger partial charge is 0.398 e. The monoisotopic (exact) mass is 326 g/mol. The van der Waals surface area contributed by atoms with E-state index < -0.39 is 0 Å². The van der Waals surface area contributed by atoms with Crippen LogP contribution in [0.25, 0.3) is 0 Å². The Morgan fingerprint density at radius 2 is 2.11 bits per heavy atom. The highest BCUT2D eigenvalue weighted by atomic mass is 79.9. The lowest BCUT2D eigenvalue weighted by Crippen LogP contribution is -2.14. The minimum Gasteiger partial charge on any atom is -0.398 e. The zero-order chi connectivity index (χ0) is 13.1. The number of nitrogens with two attached hydrogens (primary N) is 1. The number of carbonyl (C=O) groups is 1. The molecule has 0 aliphatic carbocycles. The Labute approximate surface area is 117 Å². The molecule has 0 radical (unpaired) electrons. The molecule has 0 aliphatic heterocycles. The van der Waals surface area contributed by atoms with E-state index in [9.17, 15) is 4.79 Å². The highest BCUT2D eigenvalue weighted by molar-refractivity contribution is 9.10. The van der Waals surface area contributed by atoms with Crippen LogP contribution in [-0.2, 0) is 0 Å². The van der Waals surface area contributed by atoms with Gasteiger partial charge in [-0.15, -0.1) is 0 Å². The summed E-state index contributed by atoms with van der Waals surface area (Å²) in [6, 6.07) is 6.46. The third-order valence-corrected chi connectivity index (χ3v) is 2.83. The van der Waals surface area contributed by atoms with Crippen molar-refractivity contribution < 1.29 is 4.79 Å². The van der Waals surface area contributed by atoms with Crippen molar-refractivity contribution in [2.45, 2.75) is 0 Å². The number of aromatic nitrogens is 2. The quantitative estimate of drug-likeness (QED) is 0.656. The third-order valence-electron chi connectivity index (χ3n) is 2.13. The normalized spacial score (nSPS) is 10.1. The molecule has 0 fully saturated rings. The Balaban J connectivity index is 2.22. The van der Waals surface area contributed by atoms with Crippen molar-refractivity contribution in [1.29, 1.82) is 0 Å². The smallest absolute Gasteiger partial charge is 0.258 e. The maximum atomic E-state index is 11.9. The molecule has 2 rings (SSSR count). The maximum absolute atomic E-state index is 11.9. The minimum atomic E-state index is -0.352. The van der Waals surface area contributed by atoms with Gasteiger partial charge in [0, 0.05) is 16.2 Å². The van der Waals surface area contributed by atoms with Gasteiger partial charge < -0.3 is 11.1 Å². The van der Waals surface area contributed by atoms with Crippen LogP contribution in [0.4, 0.5) is 11.5 Å². The second-order valence-corrected chi connectivity index (χ2v) is 4.71. The van der Waals surface area contributed by atoms with E-state index in [2.05, 4.69) is 31.2 Å². The number of hydrogen-bond acceptors (Lipinski definition) is 4. The number of benzene rings is 1. The fourth-order valence-corrected chi connectivity index (χ4v) is 1.85. The molecule has 0 bridgehead atoms. The van der Waals surface area contributed by atoms with Gasteiger partial charge in [-0.25, -0.2) is 9.97 Å². The number of hydrogen-bond donors (Lipinski definition) is 2. The Bertz CT molecular complexity index is 605. The van der Waals surface area contributed by atoms with Gasteiger partial charge in [-0.1, -0.05) is 27.5 Å². The Kier molecular flexibility index (Phi) is 3.78. The van der Waals surface area contributed by atoms with E-state index in [-0.39, 0.29) is 11.1 Å². The summed E-state index contributed by atoms with van der Waals surface area (Å²) in [6.07, 6.45) is 1.27. The van der Waals surface area contributed by atoms with Crippen LogP contribution in [-0.4, -0.2) is 15.9 Å². The molecule has 1 aromatic heterocycles. The predicted octanol–water partition coefficient (Wildman–Crippen LogP) is 2.73. The Hall–Kier alpha value is -1.66. The van der Waals surface area contributed by atoms with Crippen molar-refractivity contribution in [2.75, 3.05) is 11.1 Å². The van der Waals surface area contributed by atoms with E-state index in [0.29, 0.717) is 17.1 Å². The van der Waals surface area contributed by atoms with Gasteiger partial charge in [-0.2, -0.15) is 0 Å². The lowest BCUT2D eigenvalue weighted by Gasteiger charge is -2.07. The van der Waals surface area contributed by atoms with Gasteiger partial charge in [-0.3, -0.25) is 4.79 Å². The first-order valence-electron chi connectivity index (χ1n) is 4.90. The number of nitrogens with one attached hydrogen (secondary N) is 1. The zero-order valence-corrected chi connectivity index (χ0v) is 11.4. The lowest BCUT2D eigenvalue weighted by atomic mass is 10.1.